The quantitative estimate of drug-likeness (QED) is 0.877. The van der Waals surface area contributed by atoms with Gasteiger partial charge in [-0.1, -0.05) is 13.8 Å². The van der Waals surface area contributed by atoms with Crippen LogP contribution in [0.1, 0.15) is 40.5 Å². The maximum absolute atomic E-state index is 13.2. The highest BCUT2D eigenvalue weighted by Crippen LogP contribution is 2.21. The van der Waals surface area contributed by atoms with Crippen LogP contribution in [0.2, 0.25) is 0 Å². The van der Waals surface area contributed by atoms with Crippen LogP contribution in [0.4, 0.5) is 10.1 Å². The van der Waals surface area contributed by atoms with E-state index in [4.69, 9.17) is 4.74 Å². The van der Waals surface area contributed by atoms with Crippen LogP contribution in [0.25, 0.3) is 0 Å². The first-order chi connectivity index (χ1) is 8.94. The number of ether oxygens (including phenoxy) is 1. The summed E-state index contributed by atoms with van der Waals surface area (Å²) in [6, 6.07) is 5.24. The molecule has 1 rings (SSSR count). The van der Waals surface area contributed by atoms with Gasteiger partial charge in [-0.25, -0.2) is 4.39 Å². The fourth-order valence-corrected chi connectivity index (χ4v) is 1.14. The lowest BCUT2D eigenvalue weighted by Crippen LogP contribution is -2.13. The van der Waals surface area contributed by atoms with Crippen molar-refractivity contribution in [1.82, 2.24) is 0 Å². The van der Waals surface area contributed by atoms with Crippen molar-refractivity contribution in [2.24, 2.45) is 0 Å². The van der Waals surface area contributed by atoms with Crippen LogP contribution in [0.5, 0.6) is 5.75 Å². The van der Waals surface area contributed by atoms with Crippen LogP contribution in [-0.4, -0.2) is 18.9 Å². The summed E-state index contributed by atoms with van der Waals surface area (Å²) in [6.45, 7) is 7.57. The van der Waals surface area contributed by atoms with Gasteiger partial charge in [0.25, 0.3) is 0 Å². The van der Waals surface area contributed by atoms with Gasteiger partial charge < -0.3 is 14.8 Å². The minimum absolute atomic E-state index is 0.255. The van der Waals surface area contributed by atoms with Crippen molar-refractivity contribution < 1.29 is 13.9 Å². The van der Waals surface area contributed by atoms with E-state index in [-0.39, 0.29) is 17.3 Å². The summed E-state index contributed by atoms with van der Waals surface area (Å²) in [5.74, 6) is 0.200. The highest BCUT2D eigenvalue weighted by molar-refractivity contribution is 5.74. The molecule has 0 saturated carbocycles. The van der Waals surface area contributed by atoms with Crippen molar-refractivity contribution in [3.05, 3.63) is 24.0 Å². The van der Waals surface area contributed by atoms with Crippen LogP contribution in [0.15, 0.2) is 18.2 Å². The summed E-state index contributed by atoms with van der Waals surface area (Å²) in [5, 5.41) is 3.19. The van der Waals surface area contributed by atoms with E-state index >= 15 is 0 Å². The second kappa shape index (κ2) is 9.36. The summed E-state index contributed by atoms with van der Waals surface area (Å²) >= 11 is 0. The zero-order valence-electron chi connectivity index (χ0n) is 12.4. The third-order valence-corrected chi connectivity index (χ3v) is 2.68. The smallest absolute Gasteiger partial charge is 0.167 e. The van der Waals surface area contributed by atoms with Gasteiger partial charge in [-0.3, -0.25) is 0 Å². The number of carbonyl (C=O) groups excluding carboxylic acids is 1. The lowest BCUT2D eigenvalue weighted by atomic mass is 10.2. The predicted octanol–water partition coefficient (Wildman–Crippen LogP) is 4.03. The number of nitrogens with one attached hydrogen (secondary N) is 1. The average molecular weight is 269 g/mol. The minimum atomic E-state index is -0.333. The van der Waals surface area contributed by atoms with Gasteiger partial charge in [-0.05, 0) is 32.4 Å². The molecule has 0 amide bonds. The van der Waals surface area contributed by atoms with E-state index in [2.05, 4.69) is 19.2 Å². The second-order valence-electron chi connectivity index (χ2n) is 4.36. The zero-order valence-corrected chi connectivity index (χ0v) is 12.4. The van der Waals surface area contributed by atoms with Gasteiger partial charge in [-0.2, -0.15) is 0 Å². The number of hydrogen-bond donors (Lipinski definition) is 1. The SMILES string of the molecule is CCC(C)=O.CCC(C)Nc1ccc(OC)c(F)c1. The molecule has 0 spiro atoms. The van der Waals surface area contributed by atoms with Crippen molar-refractivity contribution in [3.8, 4) is 5.75 Å². The molecule has 4 heteroatoms. The van der Waals surface area contributed by atoms with E-state index in [0.29, 0.717) is 12.5 Å². The van der Waals surface area contributed by atoms with Gasteiger partial charge in [-0.15, -0.1) is 0 Å². The molecule has 1 N–H and O–H groups in total. The second-order valence-corrected chi connectivity index (χ2v) is 4.36. The molecule has 0 aliphatic heterocycles. The number of ketones is 1. The standard InChI is InChI=1S/C11H16FNO.C4H8O/c1-4-8(2)13-9-5-6-11(14-3)10(12)7-9;1-3-4(2)5/h5-8,13H,4H2,1-3H3;3H2,1-2H3. The van der Waals surface area contributed by atoms with E-state index < -0.39 is 0 Å². The summed E-state index contributed by atoms with van der Waals surface area (Å²) in [5.41, 5.74) is 0.789. The Morgan fingerprint density at radius 1 is 1.42 bits per heavy atom. The van der Waals surface area contributed by atoms with Crippen molar-refractivity contribution in [3.63, 3.8) is 0 Å². The van der Waals surface area contributed by atoms with Crippen molar-refractivity contribution in [2.45, 2.75) is 46.6 Å². The molecule has 1 unspecified atom stereocenters. The van der Waals surface area contributed by atoms with Crippen LogP contribution in [0.3, 0.4) is 0 Å². The Morgan fingerprint density at radius 2 is 2.00 bits per heavy atom. The molecule has 1 aromatic rings. The Bertz CT molecular complexity index is 394. The largest absolute Gasteiger partial charge is 0.494 e. The van der Waals surface area contributed by atoms with Crippen molar-refractivity contribution in [1.29, 1.82) is 0 Å². The van der Waals surface area contributed by atoms with Crippen LogP contribution >= 0.6 is 0 Å². The third-order valence-electron chi connectivity index (χ3n) is 2.68. The number of benzene rings is 1. The highest BCUT2D eigenvalue weighted by Gasteiger charge is 2.04. The molecular weight excluding hydrogens is 245 g/mol. The highest BCUT2D eigenvalue weighted by atomic mass is 19.1. The Morgan fingerprint density at radius 3 is 2.37 bits per heavy atom. The molecule has 0 bridgehead atoms. The lowest BCUT2D eigenvalue weighted by molar-refractivity contribution is -0.116. The van der Waals surface area contributed by atoms with E-state index in [0.717, 1.165) is 12.1 Å². The van der Waals surface area contributed by atoms with Gasteiger partial charge in [0.1, 0.15) is 5.78 Å². The van der Waals surface area contributed by atoms with Gasteiger partial charge in [0.05, 0.1) is 7.11 Å². The van der Waals surface area contributed by atoms with Crippen molar-refractivity contribution in [2.75, 3.05) is 12.4 Å². The van der Waals surface area contributed by atoms with Gasteiger partial charge in [0.15, 0.2) is 11.6 Å². The van der Waals surface area contributed by atoms with Crippen LogP contribution in [0, 0.1) is 5.82 Å². The molecule has 0 radical (unpaired) electrons. The van der Waals surface area contributed by atoms with E-state index in [1.54, 1.807) is 13.0 Å². The van der Waals surface area contributed by atoms with Crippen molar-refractivity contribution >= 4 is 11.5 Å². The first-order valence-electron chi connectivity index (χ1n) is 6.54. The topological polar surface area (TPSA) is 38.3 Å². The summed E-state index contributed by atoms with van der Waals surface area (Å²) in [7, 11) is 1.46. The minimum Gasteiger partial charge on any atom is -0.494 e. The van der Waals surface area contributed by atoms with Gasteiger partial charge in [0.2, 0.25) is 0 Å². The maximum Gasteiger partial charge on any atom is 0.167 e. The summed E-state index contributed by atoms with van der Waals surface area (Å²) < 4.78 is 18.1. The van der Waals surface area contributed by atoms with Gasteiger partial charge in [0, 0.05) is 24.2 Å². The maximum atomic E-state index is 13.2. The molecule has 108 valence electrons. The Kier molecular flexibility index (Phi) is 8.58. The number of carbonyl (C=O) groups is 1. The molecule has 0 fully saturated rings. The average Bonchev–Trinajstić information content (AvgIpc) is 2.39. The van der Waals surface area contributed by atoms with E-state index in [1.807, 2.05) is 13.0 Å². The number of Topliss-reactive ketones (excluding diaryl/α,β-unsaturated/α-hetero) is 1. The van der Waals surface area contributed by atoms with E-state index in [9.17, 15) is 9.18 Å². The molecule has 0 aliphatic rings. The molecule has 19 heavy (non-hydrogen) atoms. The molecule has 0 aromatic heterocycles. The molecule has 0 heterocycles. The predicted molar refractivity (Wildman–Crippen MR) is 77.3 cm³/mol. The normalized spacial score (nSPS) is 11.1. The first kappa shape index (κ1) is 17.4. The van der Waals surface area contributed by atoms with Crippen LogP contribution in [-0.2, 0) is 4.79 Å². The fourth-order valence-electron chi connectivity index (χ4n) is 1.14. The molecule has 3 nitrogen and oxygen atoms in total. The molecule has 0 aliphatic carbocycles. The third kappa shape index (κ3) is 7.44. The Hall–Kier alpha value is -1.58. The number of hydrogen-bond acceptors (Lipinski definition) is 3. The molecule has 1 atom stereocenters. The van der Waals surface area contributed by atoms with E-state index in [1.165, 1.54) is 13.2 Å². The molecule has 1 aromatic carbocycles. The lowest BCUT2D eigenvalue weighted by Gasteiger charge is -2.13. The number of rotatable bonds is 5. The summed E-state index contributed by atoms with van der Waals surface area (Å²) in [4.78, 5) is 9.81. The number of anilines is 1. The Balaban J connectivity index is 0.000000555. The summed E-state index contributed by atoms with van der Waals surface area (Å²) in [6.07, 6.45) is 1.67. The number of halogens is 1. The van der Waals surface area contributed by atoms with Gasteiger partial charge >= 0.3 is 0 Å². The Labute approximate surface area is 115 Å². The zero-order chi connectivity index (χ0) is 14.8. The first-order valence-corrected chi connectivity index (χ1v) is 6.54. The fraction of sp³-hybridized carbons (Fsp3) is 0.533. The number of methoxy groups -OCH3 is 1. The monoisotopic (exact) mass is 269 g/mol. The molecule has 0 saturated heterocycles. The molecular formula is C15H24FNO2. The van der Waals surface area contributed by atoms with Crippen LogP contribution < -0.4 is 10.1 Å².